The Hall–Kier alpha value is -3.86. The van der Waals surface area contributed by atoms with Gasteiger partial charge >= 0.3 is 0 Å². The van der Waals surface area contributed by atoms with Crippen LogP contribution in [-0.2, 0) is 9.59 Å². The van der Waals surface area contributed by atoms with Crippen LogP contribution in [0.2, 0.25) is 0 Å². The Morgan fingerprint density at radius 3 is 2.18 bits per heavy atom. The van der Waals surface area contributed by atoms with Crippen LogP contribution in [0.4, 0.5) is 5.69 Å². The molecule has 5 nitrogen and oxygen atoms in total. The SMILES string of the molecule is COc1cc(C)c(/C(O)=C2\C(=O)C(=O)N(c3ccc(C(C)C)cc3)C2c2ccccc2)cc1C. The van der Waals surface area contributed by atoms with E-state index in [1.54, 1.807) is 13.2 Å². The Balaban J connectivity index is 1.92. The second-order valence-corrected chi connectivity index (χ2v) is 8.96. The molecule has 1 amide bonds. The van der Waals surface area contributed by atoms with E-state index in [-0.39, 0.29) is 11.3 Å². The molecule has 1 aliphatic rings. The maximum absolute atomic E-state index is 13.3. The number of Topliss-reactive ketones (excluding diaryl/α,β-unsaturated/α-hetero) is 1. The molecule has 174 valence electrons. The van der Waals surface area contributed by atoms with Crippen molar-refractivity contribution >= 4 is 23.1 Å². The number of carbonyl (C=O) groups is 2. The van der Waals surface area contributed by atoms with Crippen molar-refractivity contribution in [1.29, 1.82) is 0 Å². The molecular formula is C29H29NO4. The molecule has 0 radical (unpaired) electrons. The van der Waals surface area contributed by atoms with E-state index in [1.807, 2.05) is 74.5 Å². The van der Waals surface area contributed by atoms with Gasteiger partial charge in [0.05, 0.1) is 18.7 Å². The highest BCUT2D eigenvalue weighted by Gasteiger charge is 2.47. The fourth-order valence-electron chi connectivity index (χ4n) is 4.48. The minimum Gasteiger partial charge on any atom is -0.507 e. The van der Waals surface area contributed by atoms with Gasteiger partial charge in [-0.15, -0.1) is 0 Å². The van der Waals surface area contributed by atoms with Crippen molar-refractivity contribution in [3.63, 3.8) is 0 Å². The smallest absolute Gasteiger partial charge is 0.300 e. The standard InChI is InChI=1S/C29H29NO4/c1-17(2)20-11-13-22(14-12-20)30-26(21-9-7-6-8-10-21)25(28(32)29(30)33)27(31)23-15-19(4)24(34-5)16-18(23)3/h6-17,26,31H,1-5H3/b27-25+. The number of amides is 1. The summed E-state index contributed by atoms with van der Waals surface area (Å²) in [4.78, 5) is 28.2. The predicted octanol–water partition coefficient (Wildman–Crippen LogP) is 6.06. The van der Waals surface area contributed by atoms with Gasteiger partial charge in [-0.1, -0.05) is 56.3 Å². The van der Waals surface area contributed by atoms with Crippen molar-refractivity contribution < 1.29 is 19.4 Å². The lowest BCUT2D eigenvalue weighted by Gasteiger charge is -2.26. The summed E-state index contributed by atoms with van der Waals surface area (Å²) in [5, 5.41) is 11.4. The fraction of sp³-hybridized carbons (Fsp3) is 0.241. The minimum atomic E-state index is -0.743. The first kappa shape index (κ1) is 23.3. The van der Waals surface area contributed by atoms with Crippen LogP contribution in [0.1, 0.15) is 53.6 Å². The van der Waals surface area contributed by atoms with E-state index in [1.165, 1.54) is 4.90 Å². The highest BCUT2D eigenvalue weighted by atomic mass is 16.5. The van der Waals surface area contributed by atoms with Gasteiger partial charge in [0.15, 0.2) is 0 Å². The zero-order valence-electron chi connectivity index (χ0n) is 20.1. The predicted molar refractivity (Wildman–Crippen MR) is 134 cm³/mol. The Labute approximate surface area is 200 Å². The van der Waals surface area contributed by atoms with E-state index in [0.717, 1.165) is 22.3 Å². The van der Waals surface area contributed by atoms with Crippen molar-refractivity contribution in [3.05, 3.63) is 100 Å². The second-order valence-electron chi connectivity index (χ2n) is 8.96. The highest BCUT2D eigenvalue weighted by Crippen LogP contribution is 2.43. The van der Waals surface area contributed by atoms with Gasteiger partial charge in [0.25, 0.3) is 11.7 Å². The quantitative estimate of drug-likeness (QED) is 0.288. The molecule has 1 aliphatic heterocycles. The number of aliphatic hydroxyl groups excluding tert-OH is 1. The maximum atomic E-state index is 13.3. The number of benzene rings is 3. The van der Waals surface area contributed by atoms with Crippen LogP contribution in [0.15, 0.2) is 72.3 Å². The molecule has 34 heavy (non-hydrogen) atoms. The Bertz CT molecular complexity index is 1270. The third-order valence-corrected chi connectivity index (χ3v) is 6.39. The molecule has 1 saturated heterocycles. The number of aliphatic hydroxyl groups is 1. The van der Waals surface area contributed by atoms with E-state index in [9.17, 15) is 14.7 Å². The molecule has 0 aromatic heterocycles. The third-order valence-electron chi connectivity index (χ3n) is 6.39. The molecule has 5 heteroatoms. The molecule has 1 unspecified atom stereocenters. The van der Waals surface area contributed by atoms with Crippen molar-refractivity contribution in [1.82, 2.24) is 0 Å². The maximum Gasteiger partial charge on any atom is 0.300 e. The summed E-state index contributed by atoms with van der Waals surface area (Å²) in [5.41, 5.74) is 4.66. The van der Waals surface area contributed by atoms with Crippen LogP contribution >= 0.6 is 0 Å². The van der Waals surface area contributed by atoms with Gasteiger partial charge in [0.1, 0.15) is 11.5 Å². The van der Waals surface area contributed by atoms with Crippen LogP contribution in [0.5, 0.6) is 5.75 Å². The molecule has 1 atom stereocenters. The van der Waals surface area contributed by atoms with E-state index in [4.69, 9.17) is 4.74 Å². The molecule has 0 spiro atoms. The first-order valence-corrected chi connectivity index (χ1v) is 11.4. The average molecular weight is 456 g/mol. The van der Waals surface area contributed by atoms with E-state index >= 15 is 0 Å². The van der Waals surface area contributed by atoms with E-state index in [2.05, 4.69) is 13.8 Å². The monoisotopic (exact) mass is 455 g/mol. The number of methoxy groups -OCH3 is 1. The lowest BCUT2D eigenvalue weighted by Crippen LogP contribution is -2.29. The molecule has 0 saturated carbocycles. The molecule has 0 bridgehead atoms. The van der Waals surface area contributed by atoms with Gasteiger partial charge in [-0.05, 0) is 66.3 Å². The van der Waals surface area contributed by atoms with Crippen LogP contribution in [-0.4, -0.2) is 23.9 Å². The molecule has 1 heterocycles. The third kappa shape index (κ3) is 3.98. The van der Waals surface area contributed by atoms with Crippen molar-refractivity contribution in [3.8, 4) is 5.75 Å². The van der Waals surface area contributed by atoms with Crippen molar-refractivity contribution in [2.75, 3.05) is 12.0 Å². The second kappa shape index (κ2) is 9.18. The zero-order chi connectivity index (χ0) is 24.6. The minimum absolute atomic E-state index is 0.0804. The number of nitrogens with zero attached hydrogens (tertiary/aromatic N) is 1. The number of ketones is 1. The topological polar surface area (TPSA) is 66.8 Å². The Morgan fingerprint density at radius 2 is 1.59 bits per heavy atom. The van der Waals surface area contributed by atoms with Gasteiger partial charge < -0.3 is 9.84 Å². The number of hydrogen-bond donors (Lipinski definition) is 1. The summed E-state index contributed by atoms with van der Waals surface area (Å²) in [7, 11) is 1.59. The first-order valence-electron chi connectivity index (χ1n) is 11.4. The molecule has 4 rings (SSSR count). The summed E-state index contributed by atoms with van der Waals surface area (Å²) >= 11 is 0. The Kier molecular flexibility index (Phi) is 6.29. The van der Waals surface area contributed by atoms with Crippen LogP contribution in [0.3, 0.4) is 0 Å². The largest absolute Gasteiger partial charge is 0.507 e. The lowest BCUT2D eigenvalue weighted by atomic mass is 9.93. The van der Waals surface area contributed by atoms with Crippen LogP contribution in [0, 0.1) is 13.8 Å². The summed E-state index contributed by atoms with van der Waals surface area (Å²) in [6, 6.07) is 19.9. The summed E-state index contributed by atoms with van der Waals surface area (Å²) < 4.78 is 5.39. The van der Waals surface area contributed by atoms with Crippen molar-refractivity contribution in [2.45, 2.75) is 39.7 Å². The molecule has 1 fully saturated rings. The summed E-state index contributed by atoms with van der Waals surface area (Å²) in [6.07, 6.45) is 0. The Morgan fingerprint density at radius 1 is 0.941 bits per heavy atom. The van der Waals surface area contributed by atoms with Gasteiger partial charge in [0.2, 0.25) is 0 Å². The normalized spacial score (nSPS) is 17.5. The molecule has 3 aromatic rings. The lowest BCUT2D eigenvalue weighted by molar-refractivity contribution is -0.132. The first-order chi connectivity index (χ1) is 16.2. The van der Waals surface area contributed by atoms with Gasteiger partial charge in [-0.3, -0.25) is 14.5 Å². The molecule has 0 aliphatic carbocycles. The number of aryl methyl sites for hydroxylation is 2. The number of carbonyl (C=O) groups excluding carboxylic acids is 2. The van der Waals surface area contributed by atoms with Gasteiger partial charge in [-0.25, -0.2) is 0 Å². The molecule has 1 N–H and O–H groups in total. The zero-order valence-corrected chi connectivity index (χ0v) is 20.1. The van der Waals surface area contributed by atoms with E-state index in [0.29, 0.717) is 22.9 Å². The molecular weight excluding hydrogens is 426 g/mol. The number of ether oxygens (including phenoxy) is 1. The van der Waals surface area contributed by atoms with Gasteiger partial charge in [0, 0.05) is 11.3 Å². The molecule has 3 aromatic carbocycles. The van der Waals surface area contributed by atoms with Crippen molar-refractivity contribution in [2.24, 2.45) is 0 Å². The van der Waals surface area contributed by atoms with E-state index < -0.39 is 17.7 Å². The average Bonchev–Trinajstić information content (AvgIpc) is 3.10. The summed E-state index contributed by atoms with van der Waals surface area (Å²) in [6.45, 7) is 7.92. The fourth-order valence-corrected chi connectivity index (χ4v) is 4.48. The van der Waals surface area contributed by atoms with Gasteiger partial charge in [-0.2, -0.15) is 0 Å². The number of hydrogen-bond acceptors (Lipinski definition) is 4. The highest BCUT2D eigenvalue weighted by molar-refractivity contribution is 6.51. The number of rotatable bonds is 5. The van der Waals surface area contributed by atoms with Crippen LogP contribution in [0.25, 0.3) is 5.76 Å². The number of anilines is 1. The van der Waals surface area contributed by atoms with Crippen LogP contribution < -0.4 is 9.64 Å². The summed E-state index contributed by atoms with van der Waals surface area (Å²) in [5.74, 6) is -0.505.